The van der Waals surface area contributed by atoms with Gasteiger partial charge in [0.2, 0.25) is 0 Å². The molecule has 0 saturated heterocycles. The van der Waals surface area contributed by atoms with Crippen molar-refractivity contribution in [3.8, 4) is 27.6 Å². The van der Waals surface area contributed by atoms with Gasteiger partial charge >= 0.3 is 0 Å². The van der Waals surface area contributed by atoms with E-state index in [1.807, 2.05) is 6.33 Å². The highest BCUT2D eigenvalue weighted by molar-refractivity contribution is 7.13. The first kappa shape index (κ1) is 18.2. The molecule has 0 bridgehead atoms. The van der Waals surface area contributed by atoms with Gasteiger partial charge in [0.05, 0.1) is 24.0 Å². The van der Waals surface area contributed by atoms with Crippen molar-refractivity contribution in [3.63, 3.8) is 0 Å². The molecule has 1 aromatic carbocycles. The lowest BCUT2D eigenvalue weighted by Gasteiger charge is -2.22. The lowest BCUT2D eigenvalue weighted by atomic mass is 9.91. The second kappa shape index (κ2) is 7.31. The summed E-state index contributed by atoms with van der Waals surface area (Å²) in [4.78, 5) is 5.95. The van der Waals surface area contributed by atoms with Crippen LogP contribution in [0.2, 0.25) is 0 Å². The van der Waals surface area contributed by atoms with Gasteiger partial charge < -0.3 is 9.30 Å². The van der Waals surface area contributed by atoms with E-state index in [0.29, 0.717) is 5.92 Å². The van der Waals surface area contributed by atoms with Crippen molar-refractivity contribution < 1.29 is 4.74 Å². The summed E-state index contributed by atoms with van der Waals surface area (Å²) >= 11 is 1.75. The number of rotatable bonds is 4. The van der Waals surface area contributed by atoms with Gasteiger partial charge in [-0.1, -0.05) is 19.9 Å². The Morgan fingerprint density at radius 1 is 1.32 bits per heavy atom. The van der Waals surface area contributed by atoms with Gasteiger partial charge in [-0.15, -0.1) is 11.3 Å². The van der Waals surface area contributed by atoms with Crippen LogP contribution in [0, 0.1) is 5.92 Å². The number of ether oxygens (including phenoxy) is 1. The highest BCUT2D eigenvalue weighted by atomic mass is 32.1. The van der Waals surface area contributed by atoms with Crippen LogP contribution in [0.15, 0.2) is 36.0 Å². The molecule has 1 unspecified atom stereocenters. The summed E-state index contributed by atoms with van der Waals surface area (Å²) in [6, 6.07) is 8.81. The molecular weight excluding hydrogens is 347 g/mol. The molecule has 1 aliphatic rings. The molecule has 0 radical (unpaired) electrons. The smallest absolute Gasteiger partial charge is 0.122 e. The van der Waals surface area contributed by atoms with Gasteiger partial charge in [0.1, 0.15) is 11.4 Å². The minimum Gasteiger partial charge on any atom is -0.496 e. The lowest BCUT2D eigenvalue weighted by molar-refractivity contribution is 0.406. The summed E-state index contributed by atoms with van der Waals surface area (Å²) in [5.41, 5.74) is 6.33. The van der Waals surface area contributed by atoms with Crippen molar-refractivity contribution in [1.82, 2.24) is 9.55 Å². The van der Waals surface area contributed by atoms with Crippen LogP contribution >= 0.6 is 21.2 Å². The summed E-state index contributed by atoms with van der Waals surface area (Å²) in [7, 11) is 1.77. The normalized spacial score (nSPS) is 12.5. The fourth-order valence-corrected chi connectivity index (χ4v) is 4.27. The molecule has 0 aliphatic carbocycles. The fraction of sp³-hybridized carbons (Fsp3) is 0.350. The van der Waals surface area contributed by atoms with Crippen molar-refractivity contribution in [3.05, 3.63) is 47.1 Å². The van der Waals surface area contributed by atoms with Crippen LogP contribution in [0.5, 0.6) is 5.75 Å². The van der Waals surface area contributed by atoms with E-state index in [-0.39, 0.29) is 9.90 Å². The number of hydrogen-bond donors (Lipinski definition) is 0. The Labute approximate surface area is 156 Å². The molecule has 3 heterocycles. The number of aryl methyl sites for hydroxylation is 2. The molecule has 0 amide bonds. The third-order valence-corrected chi connectivity index (χ3v) is 5.48. The molecule has 132 valence electrons. The van der Waals surface area contributed by atoms with Crippen molar-refractivity contribution in [2.75, 3.05) is 7.11 Å². The fourth-order valence-electron chi connectivity index (χ4n) is 3.55. The molecule has 1 atom stereocenters. The average Bonchev–Trinajstić information content (AvgIpc) is 3.22. The number of thiophene rings is 1. The largest absolute Gasteiger partial charge is 0.496 e. The zero-order chi connectivity index (χ0) is 16.7. The van der Waals surface area contributed by atoms with Crippen LogP contribution in [0.25, 0.3) is 21.8 Å². The van der Waals surface area contributed by atoms with Crippen molar-refractivity contribution in [1.29, 1.82) is 0 Å². The second-order valence-electron chi connectivity index (χ2n) is 6.78. The number of aromatic nitrogens is 2. The molecule has 2 aromatic heterocycles. The number of fused-ring (bicyclic) bond motifs is 3. The van der Waals surface area contributed by atoms with Gasteiger partial charge in [0.15, 0.2) is 0 Å². The Balaban J connectivity index is 0.00000182. The number of imidazole rings is 1. The van der Waals surface area contributed by atoms with Crippen LogP contribution in [0.4, 0.5) is 0 Å². The van der Waals surface area contributed by atoms with Gasteiger partial charge in [0, 0.05) is 12.1 Å². The minimum atomic E-state index is 0. The average molecular weight is 372 g/mol. The number of methoxy groups -OCH3 is 1. The summed E-state index contributed by atoms with van der Waals surface area (Å²) in [5.74, 6) is 1.62. The van der Waals surface area contributed by atoms with Crippen molar-refractivity contribution in [2.24, 2.45) is 5.92 Å². The summed E-state index contributed by atoms with van der Waals surface area (Å²) in [6.07, 6.45) is 4.04. The topological polar surface area (TPSA) is 27.1 Å². The maximum absolute atomic E-state index is 5.66. The van der Waals surface area contributed by atoms with E-state index in [4.69, 9.17) is 9.72 Å². The molecule has 0 saturated carbocycles. The predicted molar refractivity (Wildman–Crippen MR) is 111 cm³/mol. The predicted octanol–water partition coefficient (Wildman–Crippen LogP) is 5.10. The molecule has 0 N–H and O–H groups in total. The van der Waals surface area contributed by atoms with Gasteiger partial charge in [-0.3, -0.25) is 0 Å². The summed E-state index contributed by atoms with van der Waals surface area (Å²) in [6.45, 7) is 5.48. The molecule has 0 spiro atoms. The van der Waals surface area contributed by atoms with Crippen molar-refractivity contribution in [2.45, 2.75) is 33.2 Å². The summed E-state index contributed by atoms with van der Waals surface area (Å²) in [5, 5.41) is 2.11. The maximum Gasteiger partial charge on any atom is 0.122 e. The van der Waals surface area contributed by atoms with E-state index in [9.17, 15) is 0 Å². The van der Waals surface area contributed by atoms with Crippen LogP contribution in [0.3, 0.4) is 0 Å². The van der Waals surface area contributed by atoms with E-state index in [1.54, 1.807) is 18.4 Å². The van der Waals surface area contributed by atoms with E-state index in [0.717, 1.165) is 30.8 Å². The van der Waals surface area contributed by atoms with E-state index < -0.39 is 0 Å². The van der Waals surface area contributed by atoms with E-state index >= 15 is 0 Å². The Hall–Kier alpha value is -1.64. The summed E-state index contributed by atoms with van der Waals surface area (Å²) < 4.78 is 7.96. The van der Waals surface area contributed by atoms with Gasteiger partial charge in [-0.05, 0) is 53.5 Å². The van der Waals surface area contributed by atoms with E-state index in [1.165, 1.54) is 27.3 Å². The molecule has 0 fully saturated rings. The van der Waals surface area contributed by atoms with Gasteiger partial charge in [-0.2, -0.15) is 9.90 Å². The number of hydrogen-bond acceptors (Lipinski definition) is 3. The first-order valence-electron chi connectivity index (χ1n) is 8.46. The molecule has 3 nitrogen and oxygen atoms in total. The monoisotopic (exact) mass is 372 g/mol. The Kier molecular flexibility index (Phi) is 5.31. The van der Waals surface area contributed by atoms with Crippen LogP contribution < -0.4 is 4.74 Å². The quantitative estimate of drug-likeness (QED) is 0.596. The highest BCUT2D eigenvalue weighted by Crippen LogP contribution is 2.41. The minimum absolute atomic E-state index is 0. The molecule has 5 heteroatoms. The second-order valence-corrected chi connectivity index (χ2v) is 7.73. The van der Waals surface area contributed by atoms with Crippen LogP contribution in [-0.2, 0) is 19.4 Å². The van der Waals surface area contributed by atoms with Crippen LogP contribution in [0.1, 0.15) is 25.0 Å². The first-order valence-corrected chi connectivity index (χ1v) is 9.34. The Morgan fingerprint density at radius 2 is 2.16 bits per heavy atom. The standard InChI is InChI=1S/C20H22N2OS.H3P/c1-13(2)9-15-10-16-14(11-17(15)23-3)6-7-22-12-21-19(20(16)22)18-5-4-8-24-18;/h4-5,8,10-13H,6-7,9H2,1-3H3;1H3. The van der Waals surface area contributed by atoms with Gasteiger partial charge in [-0.25, -0.2) is 4.98 Å². The zero-order valence-electron chi connectivity index (χ0n) is 15.1. The molecule has 3 aromatic rings. The molecule has 25 heavy (non-hydrogen) atoms. The SMILES string of the molecule is COc1cc2c(cc1CC(C)C)-c1c(-c3cccs3)ncn1CC2.P. The van der Waals surface area contributed by atoms with Crippen LogP contribution in [-0.4, -0.2) is 16.7 Å². The van der Waals surface area contributed by atoms with E-state index in [2.05, 4.69) is 48.1 Å². The Morgan fingerprint density at radius 3 is 2.84 bits per heavy atom. The third-order valence-electron chi connectivity index (χ3n) is 4.60. The molecule has 4 rings (SSSR count). The number of nitrogens with zero attached hydrogens (tertiary/aromatic N) is 2. The zero-order valence-corrected chi connectivity index (χ0v) is 17.3. The Bertz CT molecular complexity index is 868. The maximum atomic E-state index is 5.66. The number of benzene rings is 1. The third kappa shape index (κ3) is 3.26. The lowest BCUT2D eigenvalue weighted by Crippen LogP contribution is -2.11. The molecule has 1 aliphatic heterocycles. The first-order chi connectivity index (χ1) is 11.7. The molecular formula is C20H25N2OPS. The van der Waals surface area contributed by atoms with Crippen molar-refractivity contribution >= 4 is 21.2 Å². The highest BCUT2D eigenvalue weighted by Gasteiger charge is 2.24. The van der Waals surface area contributed by atoms with Gasteiger partial charge in [0.25, 0.3) is 0 Å².